The number of benzene rings is 2. The molecular weight excluding hydrogens is 706 g/mol. The third-order valence-corrected chi connectivity index (χ3v) is 10.7. The van der Waals surface area contributed by atoms with Crippen LogP contribution in [0.2, 0.25) is 0 Å². The van der Waals surface area contributed by atoms with Crippen molar-refractivity contribution < 1.29 is 31.9 Å². The van der Waals surface area contributed by atoms with E-state index in [2.05, 4.69) is 36.9 Å². The van der Waals surface area contributed by atoms with Gasteiger partial charge in [-0.05, 0) is 76.5 Å². The normalized spacial score (nSPS) is 13.6. The zero-order valence-corrected chi connectivity index (χ0v) is 29.9. The first-order valence-electron chi connectivity index (χ1n) is 16.2. The van der Waals surface area contributed by atoms with Gasteiger partial charge in [0.15, 0.2) is 9.84 Å². The minimum atomic E-state index is -3.88. The molecule has 0 fully saturated rings. The Morgan fingerprint density at radius 3 is 2.21 bits per heavy atom. The Morgan fingerprint density at radius 1 is 0.917 bits per heavy atom. The summed E-state index contributed by atoms with van der Waals surface area (Å²) < 4.78 is 56.0. The fourth-order valence-corrected chi connectivity index (χ4v) is 8.02. The van der Waals surface area contributed by atoms with Crippen LogP contribution >= 0.6 is 15.9 Å². The molecule has 2 aromatic carbocycles. The number of carbonyl (C=O) groups excluding carboxylic acids is 2. The molecule has 3 aromatic rings. The smallest absolute Gasteiger partial charge is 0.253 e. The van der Waals surface area contributed by atoms with Gasteiger partial charge in [0.2, 0.25) is 5.91 Å². The summed E-state index contributed by atoms with van der Waals surface area (Å²) in [5.74, 6) is -3.91. The molecule has 0 unspecified atom stereocenters. The van der Waals surface area contributed by atoms with Crippen LogP contribution < -0.4 is 16.0 Å². The standard InChI is InChI=1S/C35H45BrF2N4O5S/c1-4-8-30(9-5-2)48(46,47)22-32(42-34(44)26-16-27(36)20-40-19-26)35(45)41-31(15-25-13-28(37)17-29(38)14-25)33(43)21-39-18-24-11-7-10-23(6-3)12-24/h7,10-14,16-17,19-20,30-33,39,43H,4-6,8-9,15,18,21-22H2,1-3H3,(H,41,45)(H,42,44)/t31-,32+,33+/m0/s1. The summed E-state index contributed by atoms with van der Waals surface area (Å²) in [6.07, 6.45) is 4.21. The molecule has 0 radical (unpaired) electrons. The molecule has 2 amide bonds. The van der Waals surface area contributed by atoms with Crippen molar-refractivity contribution in [3.05, 3.63) is 99.3 Å². The number of aryl methyl sites for hydroxylation is 1. The van der Waals surface area contributed by atoms with Gasteiger partial charge in [0.1, 0.15) is 17.7 Å². The number of aliphatic hydroxyl groups is 1. The molecule has 262 valence electrons. The third-order valence-electron chi connectivity index (χ3n) is 7.97. The lowest BCUT2D eigenvalue weighted by Crippen LogP contribution is -2.57. The largest absolute Gasteiger partial charge is 0.390 e. The monoisotopic (exact) mass is 750 g/mol. The van der Waals surface area contributed by atoms with Gasteiger partial charge < -0.3 is 21.1 Å². The molecule has 48 heavy (non-hydrogen) atoms. The molecule has 0 saturated carbocycles. The molecule has 0 spiro atoms. The van der Waals surface area contributed by atoms with E-state index < -0.39 is 62.5 Å². The van der Waals surface area contributed by atoms with Gasteiger partial charge in [0.25, 0.3) is 5.91 Å². The molecule has 1 heterocycles. The highest BCUT2D eigenvalue weighted by molar-refractivity contribution is 9.10. The van der Waals surface area contributed by atoms with Gasteiger partial charge in [-0.25, -0.2) is 17.2 Å². The predicted octanol–water partition coefficient (Wildman–Crippen LogP) is 5.04. The van der Waals surface area contributed by atoms with Crippen molar-refractivity contribution in [2.24, 2.45) is 0 Å². The van der Waals surface area contributed by atoms with Crippen molar-refractivity contribution >= 4 is 37.6 Å². The average molecular weight is 752 g/mol. The van der Waals surface area contributed by atoms with E-state index in [0.717, 1.165) is 35.7 Å². The van der Waals surface area contributed by atoms with Gasteiger partial charge in [-0.1, -0.05) is 57.9 Å². The van der Waals surface area contributed by atoms with E-state index in [0.29, 0.717) is 36.7 Å². The predicted molar refractivity (Wildman–Crippen MR) is 186 cm³/mol. The molecule has 13 heteroatoms. The molecular formula is C35H45BrF2N4O5S. The van der Waals surface area contributed by atoms with Gasteiger partial charge in [-0.15, -0.1) is 0 Å². The van der Waals surface area contributed by atoms with Gasteiger partial charge in [0, 0.05) is 36.0 Å². The van der Waals surface area contributed by atoms with Crippen molar-refractivity contribution in [2.45, 2.75) is 89.3 Å². The SMILES string of the molecule is CCCC(CCC)S(=O)(=O)C[C@@H](NC(=O)c1cncc(Br)c1)C(=O)N[C@@H](Cc1cc(F)cc(F)c1)[C@H](O)CNCc1cccc(CC)c1. The molecule has 0 saturated heterocycles. The van der Waals surface area contributed by atoms with Crippen LogP contribution in [0.1, 0.15) is 73.5 Å². The molecule has 0 bridgehead atoms. The molecule has 3 rings (SSSR count). The van der Waals surface area contributed by atoms with Gasteiger partial charge in [-0.3, -0.25) is 14.6 Å². The molecule has 0 aliphatic carbocycles. The molecule has 4 N–H and O–H groups in total. The van der Waals surface area contributed by atoms with Crippen LogP contribution in [0.4, 0.5) is 8.78 Å². The number of nitrogens with one attached hydrogen (secondary N) is 3. The number of amides is 2. The highest BCUT2D eigenvalue weighted by Crippen LogP contribution is 2.18. The molecule has 1 aromatic heterocycles. The van der Waals surface area contributed by atoms with E-state index in [1.54, 1.807) is 0 Å². The number of nitrogens with zero attached hydrogens (tertiary/aromatic N) is 1. The summed E-state index contributed by atoms with van der Waals surface area (Å²) in [7, 11) is -3.88. The zero-order valence-electron chi connectivity index (χ0n) is 27.5. The Morgan fingerprint density at radius 2 is 1.58 bits per heavy atom. The number of rotatable bonds is 19. The quantitative estimate of drug-likeness (QED) is 0.135. The second kappa shape index (κ2) is 19.1. The maximum Gasteiger partial charge on any atom is 0.253 e. The zero-order chi connectivity index (χ0) is 35.3. The van der Waals surface area contributed by atoms with Crippen molar-refractivity contribution in [3.8, 4) is 0 Å². The minimum absolute atomic E-state index is 0.00674. The van der Waals surface area contributed by atoms with Crippen LogP contribution in [0, 0.1) is 11.6 Å². The molecule has 9 nitrogen and oxygen atoms in total. The number of pyridine rings is 1. The molecule has 0 aliphatic heterocycles. The fourth-order valence-electron chi connectivity index (χ4n) is 5.49. The van der Waals surface area contributed by atoms with Crippen LogP contribution in [-0.2, 0) is 34.0 Å². The fraction of sp³-hybridized carbons (Fsp3) is 0.457. The number of hydrogen-bond donors (Lipinski definition) is 4. The van der Waals surface area contributed by atoms with Crippen molar-refractivity contribution in [1.82, 2.24) is 20.9 Å². The van der Waals surface area contributed by atoms with E-state index in [1.165, 1.54) is 18.5 Å². The Labute approximate surface area is 290 Å². The molecule has 0 aliphatic rings. The Kier molecular flexibility index (Phi) is 15.6. The van der Waals surface area contributed by atoms with Gasteiger partial charge in [0.05, 0.1) is 28.7 Å². The number of halogens is 3. The van der Waals surface area contributed by atoms with Crippen LogP contribution in [0.25, 0.3) is 0 Å². The maximum atomic E-state index is 14.1. The summed E-state index contributed by atoms with van der Waals surface area (Å²) >= 11 is 3.26. The summed E-state index contributed by atoms with van der Waals surface area (Å²) in [5, 5.41) is 19.0. The van der Waals surface area contributed by atoms with E-state index >= 15 is 0 Å². The summed E-state index contributed by atoms with van der Waals surface area (Å²) in [5.41, 5.74) is 2.40. The molecule has 3 atom stereocenters. The van der Waals surface area contributed by atoms with Crippen molar-refractivity contribution in [2.75, 3.05) is 12.3 Å². The van der Waals surface area contributed by atoms with Crippen molar-refractivity contribution in [3.63, 3.8) is 0 Å². The second-order valence-corrected chi connectivity index (χ2v) is 15.2. The minimum Gasteiger partial charge on any atom is -0.390 e. The Hall–Kier alpha value is -3.26. The third kappa shape index (κ3) is 12.3. The van der Waals surface area contributed by atoms with Crippen LogP contribution in [-0.4, -0.2) is 66.1 Å². The van der Waals surface area contributed by atoms with E-state index in [-0.39, 0.29) is 24.1 Å². The lowest BCUT2D eigenvalue weighted by Gasteiger charge is -2.28. The van der Waals surface area contributed by atoms with Crippen LogP contribution in [0.15, 0.2) is 65.4 Å². The first-order valence-corrected chi connectivity index (χ1v) is 18.7. The first-order chi connectivity index (χ1) is 22.8. The summed E-state index contributed by atoms with van der Waals surface area (Å²) in [4.78, 5) is 31.1. The van der Waals surface area contributed by atoms with Gasteiger partial charge in [-0.2, -0.15) is 0 Å². The van der Waals surface area contributed by atoms with Crippen LogP contribution in [0.5, 0.6) is 0 Å². The van der Waals surface area contributed by atoms with Gasteiger partial charge >= 0.3 is 0 Å². The number of aliphatic hydroxyl groups excluding tert-OH is 1. The number of sulfone groups is 1. The Bertz CT molecular complexity index is 1600. The van der Waals surface area contributed by atoms with E-state index in [4.69, 9.17) is 0 Å². The second-order valence-electron chi connectivity index (χ2n) is 11.9. The maximum absolute atomic E-state index is 14.1. The number of aromatic nitrogens is 1. The highest BCUT2D eigenvalue weighted by Gasteiger charge is 2.34. The topological polar surface area (TPSA) is 137 Å². The highest BCUT2D eigenvalue weighted by atomic mass is 79.9. The first kappa shape index (κ1) is 39.2. The number of hydrogen-bond acceptors (Lipinski definition) is 7. The average Bonchev–Trinajstić information content (AvgIpc) is 3.03. The van der Waals surface area contributed by atoms with Crippen LogP contribution in [0.3, 0.4) is 0 Å². The van der Waals surface area contributed by atoms with E-state index in [1.807, 2.05) is 45.0 Å². The van der Waals surface area contributed by atoms with E-state index in [9.17, 15) is 31.9 Å². The van der Waals surface area contributed by atoms with Crippen molar-refractivity contribution in [1.29, 1.82) is 0 Å². The lowest BCUT2D eigenvalue weighted by molar-refractivity contribution is -0.124. The summed E-state index contributed by atoms with van der Waals surface area (Å²) in [6, 6.07) is 9.67. The number of carbonyl (C=O) groups is 2. The Balaban J connectivity index is 1.89. The lowest BCUT2D eigenvalue weighted by atomic mass is 10.00. The summed E-state index contributed by atoms with van der Waals surface area (Å²) in [6.45, 7) is 6.20.